The number of hydrogen-bond donors (Lipinski definition) is 3. The minimum Gasteiger partial charge on any atom is -0.349 e. The minimum absolute atomic E-state index is 0.151. The lowest BCUT2D eigenvalue weighted by Gasteiger charge is -2.23. The van der Waals surface area contributed by atoms with Crippen molar-refractivity contribution in [2.45, 2.75) is 25.8 Å². The zero-order valence-electron chi connectivity index (χ0n) is 13.3. The fourth-order valence-electron chi connectivity index (χ4n) is 3.59. The molecule has 1 saturated carbocycles. The highest BCUT2D eigenvalue weighted by Gasteiger charge is 2.57. The summed E-state index contributed by atoms with van der Waals surface area (Å²) in [5.41, 5.74) is 1.21. The Kier molecular flexibility index (Phi) is 4.14. The van der Waals surface area contributed by atoms with Crippen molar-refractivity contribution >= 4 is 21.8 Å². The van der Waals surface area contributed by atoms with Gasteiger partial charge in [-0.2, -0.15) is 5.10 Å². The molecular weight excluding hydrogens is 370 g/mol. The molecule has 2 aromatic rings. The van der Waals surface area contributed by atoms with Crippen molar-refractivity contribution in [3.05, 3.63) is 34.6 Å². The van der Waals surface area contributed by atoms with E-state index >= 15 is 0 Å². The number of aromatic nitrogens is 3. The summed E-state index contributed by atoms with van der Waals surface area (Å²) in [6, 6.07) is 7.83. The van der Waals surface area contributed by atoms with Gasteiger partial charge in [0.1, 0.15) is 5.82 Å². The Balaban J connectivity index is 1.33. The first-order valence-corrected chi connectivity index (χ1v) is 9.11. The molecule has 1 amide bonds. The standard InChI is InChI=1S/C17H20BrN5O/c18-12-3-1-11(2-4-12)15-21-14(22-23-15)10-20-16(24)13-9-17(13)5-7-19-8-6-17/h1-4,13,19H,5-10H2,(H,20,24)(H,21,22,23). The lowest BCUT2D eigenvalue weighted by molar-refractivity contribution is -0.123. The van der Waals surface area contributed by atoms with Gasteiger partial charge in [-0.3, -0.25) is 9.89 Å². The molecule has 1 atom stereocenters. The average Bonchev–Trinajstić information content (AvgIpc) is 3.07. The molecule has 1 spiro atoms. The van der Waals surface area contributed by atoms with E-state index in [0.29, 0.717) is 18.2 Å². The van der Waals surface area contributed by atoms with Crippen LogP contribution >= 0.6 is 15.9 Å². The predicted octanol–water partition coefficient (Wildman–Crippen LogP) is 2.24. The molecule has 2 heterocycles. The molecule has 126 valence electrons. The molecule has 4 rings (SSSR count). The Morgan fingerprint density at radius 2 is 2.04 bits per heavy atom. The fourth-order valence-corrected chi connectivity index (χ4v) is 3.86. The van der Waals surface area contributed by atoms with Crippen molar-refractivity contribution in [3.8, 4) is 11.4 Å². The van der Waals surface area contributed by atoms with E-state index in [1.807, 2.05) is 24.3 Å². The second-order valence-corrected chi connectivity index (χ2v) is 7.62. The molecule has 1 unspecified atom stereocenters. The smallest absolute Gasteiger partial charge is 0.224 e. The minimum atomic E-state index is 0.151. The molecule has 1 aliphatic heterocycles. The van der Waals surface area contributed by atoms with Crippen LogP contribution in [0.1, 0.15) is 25.1 Å². The van der Waals surface area contributed by atoms with E-state index < -0.39 is 0 Å². The third-order valence-electron chi connectivity index (χ3n) is 5.17. The second-order valence-electron chi connectivity index (χ2n) is 6.70. The molecule has 2 fully saturated rings. The average molecular weight is 390 g/mol. The van der Waals surface area contributed by atoms with Crippen LogP contribution in [-0.2, 0) is 11.3 Å². The van der Waals surface area contributed by atoms with Crippen LogP contribution in [0, 0.1) is 11.3 Å². The van der Waals surface area contributed by atoms with E-state index in [0.717, 1.165) is 42.4 Å². The number of nitrogens with one attached hydrogen (secondary N) is 3. The number of carbonyl (C=O) groups is 1. The summed E-state index contributed by atoms with van der Waals surface area (Å²) >= 11 is 3.41. The number of aromatic amines is 1. The summed E-state index contributed by atoms with van der Waals surface area (Å²) in [7, 11) is 0. The number of hydrogen-bond acceptors (Lipinski definition) is 4. The van der Waals surface area contributed by atoms with Crippen molar-refractivity contribution in [1.82, 2.24) is 25.8 Å². The number of rotatable bonds is 4. The number of H-pyrrole nitrogens is 1. The first-order valence-electron chi connectivity index (χ1n) is 8.32. The number of halogens is 1. The van der Waals surface area contributed by atoms with Gasteiger partial charge in [-0.05, 0) is 49.9 Å². The van der Waals surface area contributed by atoms with Gasteiger partial charge in [0.25, 0.3) is 0 Å². The van der Waals surface area contributed by atoms with Gasteiger partial charge in [0.2, 0.25) is 5.91 Å². The van der Waals surface area contributed by atoms with Crippen molar-refractivity contribution in [1.29, 1.82) is 0 Å². The van der Waals surface area contributed by atoms with Gasteiger partial charge >= 0.3 is 0 Å². The third-order valence-corrected chi connectivity index (χ3v) is 5.70. The lowest BCUT2D eigenvalue weighted by atomic mass is 9.92. The summed E-state index contributed by atoms with van der Waals surface area (Å²) in [4.78, 5) is 16.8. The number of piperidine rings is 1. The van der Waals surface area contributed by atoms with E-state index in [-0.39, 0.29) is 17.2 Å². The lowest BCUT2D eigenvalue weighted by Crippen LogP contribution is -2.33. The summed E-state index contributed by atoms with van der Waals surface area (Å²) in [6.07, 6.45) is 3.25. The molecule has 6 nitrogen and oxygen atoms in total. The van der Waals surface area contributed by atoms with E-state index in [4.69, 9.17) is 0 Å². The Morgan fingerprint density at radius 1 is 1.29 bits per heavy atom. The van der Waals surface area contributed by atoms with Gasteiger partial charge in [-0.25, -0.2) is 4.98 Å². The molecule has 1 aromatic carbocycles. The molecule has 1 aliphatic carbocycles. The quantitative estimate of drug-likeness (QED) is 0.748. The first-order chi connectivity index (χ1) is 11.7. The number of nitrogens with zero attached hydrogens (tertiary/aromatic N) is 2. The molecule has 0 radical (unpaired) electrons. The molecule has 0 bridgehead atoms. The van der Waals surface area contributed by atoms with E-state index in [1.165, 1.54) is 0 Å². The highest BCUT2D eigenvalue weighted by molar-refractivity contribution is 9.10. The van der Waals surface area contributed by atoms with Crippen LogP contribution < -0.4 is 10.6 Å². The summed E-state index contributed by atoms with van der Waals surface area (Å²) in [6.45, 7) is 2.46. The Labute approximate surface area is 149 Å². The molecule has 1 saturated heterocycles. The van der Waals surface area contributed by atoms with E-state index in [9.17, 15) is 4.79 Å². The van der Waals surface area contributed by atoms with Gasteiger partial charge in [-0.1, -0.05) is 28.1 Å². The van der Waals surface area contributed by atoms with Crippen LogP contribution in [0.2, 0.25) is 0 Å². The zero-order valence-corrected chi connectivity index (χ0v) is 14.9. The van der Waals surface area contributed by atoms with Crippen LogP contribution in [0.5, 0.6) is 0 Å². The maximum Gasteiger partial charge on any atom is 0.224 e. The first kappa shape index (κ1) is 15.8. The molecule has 2 aliphatic rings. The molecule has 3 N–H and O–H groups in total. The second kappa shape index (κ2) is 6.29. The van der Waals surface area contributed by atoms with Gasteiger partial charge in [-0.15, -0.1) is 0 Å². The van der Waals surface area contributed by atoms with E-state index in [2.05, 4.69) is 41.7 Å². The fraction of sp³-hybridized carbons (Fsp3) is 0.471. The number of amides is 1. The Morgan fingerprint density at radius 3 is 2.79 bits per heavy atom. The summed E-state index contributed by atoms with van der Waals surface area (Å²) < 4.78 is 1.02. The normalized spacial score (nSPS) is 21.6. The van der Waals surface area contributed by atoms with Crippen LogP contribution in [0.25, 0.3) is 11.4 Å². The molecule has 7 heteroatoms. The van der Waals surface area contributed by atoms with Crippen LogP contribution in [0.3, 0.4) is 0 Å². The van der Waals surface area contributed by atoms with Gasteiger partial charge in [0, 0.05) is 16.0 Å². The monoisotopic (exact) mass is 389 g/mol. The maximum atomic E-state index is 12.4. The van der Waals surface area contributed by atoms with Crippen molar-refractivity contribution in [3.63, 3.8) is 0 Å². The Hall–Kier alpha value is -1.73. The van der Waals surface area contributed by atoms with Gasteiger partial charge in [0.15, 0.2) is 5.82 Å². The molecule has 1 aromatic heterocycles. The maximum absolute atomic E-state index is 12.4. The van der Waals surface area contributed by atoms with Crippen molar-refractivity contribution in [2.75, 3.05) is 13.1 Å². The highest BCUT2D eigenvalue weighted by Crippen LogP contribution is 2.58. The van der Waals surface area contributed by atoms with Gasteiger partial charge < -0.3 is 10.6 Å². The summed E-state index contributed by atoms with van der Waals surface area (Å²) in [5, 5.41) is 13.5. The van der Waals surface area contributed by atoms with Gasteiger partial charge in [0.05, 0.1) is 6.54 Å². The summed E-state index contributed by atoms with van der Waals surface area (Å²) in [5.74, 6) is 1.65. The molecular formula is C17H20BrN5O. The third kappa shape index (κ3) is 3.10. The predicted molar refractivity (Wildman–Crippen MR) is 94.0 cm³/mol. The van der Waals surface area contributed by atoms with Crippen LogP contribution in [-0.4, -0.2) is 34.2 Å². The Bertz CT molecular complexity index is 736. The van der Waals surface area contributed by atoms with Crippen molar-refractivity contribution in [2.24, 2.45) is 11.3 Å². The SMILES string of the molecule is O=C(NCc1nc(-c2ccc(Br)cc2)n[nH]1)C1CC12CCNCC2. The zero-order chi connectivity index (χ0) is 16.6. The largest absolute Gasteiger partial charge is 0.349 e. The molecule has 24 heavy (non-hydrogen) atoms. The van der Waals surface area contributed by atoms with E-state index in [1.54, 1.807) is 0 Å². The van der Waals surface area contributed by atoms with Crippen LogP contribution in [0.15, 0.2) is 28.7 Å². The highest BCUT2D eigenvalue weighted by atomic mass is 79.9. The number of carbonyl (C=O) groups excluding carboxylic acids is 1. The van der Waals surface area contributed by atoms with Crippen LogP contribution in [0.4, 0.5) is 0 Å². The van der Waals surface area contributed by atoms with Crippen molar-refractivity contribution < 1.29 is 4.79 Å². The number of benzene rings is 1. The topological polar surface area (TPSA) is 82.7 Å².